The first-order valence-corrected chi connectivity index (χ1v) is 8.52. The van der Waals surface area contributed by atoms with Crippen molar-refractivity contribution in [1.82, 2.24) is 10.6 Å². The summed E-state index contributed by atoms with van der Waals surface area (Å²) in [6.45, 7) is 7.83. The van der Waals surface area contributed by atoms with Gasteiger partial charge in [0.15, 0.2) is 0 Å². The van der Waals surface area contributed by atoms with E-state index in [4.69, 9.17) is 4.74 Å². The van der Waals surface area contributed by atoms with Gasteiger partial charge in [0.05, 0.1) is 12.1 Å². The fraction of sp³-hybridized carbons (Fsp3) is 0.941. The molecular formula is C17H32N2O2. The molecular weight excluding hydrogens is 264 g/mol. The summed E-state index contributed by atoms with van der Waals surface area (Å²) in [6, 6.07) is 0.296. The van der Waals surface area contributed by atoms with Crippen molar-refractivity contribution >= 4 is 5.91 Å². The van der Waals surface area contributed by atoms with E-state index in [0.29, 0.717) is 11.5 Å². The summed E-state index contributed by atoms with van der Waals surface area (Å²) in [5, 5.41) is 6.49. The lowest BCUT2D eigenvalue weighted by molar-refractivity contribution is -0.124. The third kappa shape index (κ3) is 4.19. The Balaban J connectivity index is 1.75. The second-order valence-corrected chi connectivity index (χ2v) is 7.45. The Bertz CT molecular complexity index is 349. The zero-order valence-corrected chi connectivity index (χ0v) is 14.1. The number of hydrogen-bond acceptors (Lipinski definition) is 3. The first kappa shape index (κ1) is 16.8. The van der Waals surface area contributed by atoms with E-state index in [1.807, 2.05) is 0 Å². The lowest BCUT2D eigenvalue weighted by Gasteiger charge is -2.39. The molecule has 0 aromatic carbocycles. The lowest BCUT2D eigenvalue weighted by Crippen LogP contribution is -2.47. The molecule has 2 fully saturated rings. The largest absolute Gasteiger partial charge is 0.380 e. The van der Waals surface area contributed by atoms with Crippen LogP contribution in [0.5, 0.6) is 0 Å². The molecule has 0 spiro atoms. The van der Waals surface area contributed by atoms with Crippen molar-refractivity contribution in [2.75, 3.05) is 13.7 Å². The molecule has 1 saturated carbocycles. The van der Waals surface area contributed by atoms with Gasteiger partial charge >= 0.3 is 0 Å². The number of rotatable bonds is 5. The van der Waals surface area contributed by atoms with Crippen LogP contribution in [0.4, 0.5) is 0 Å². The van der Waals surface area contributed by atoms with Crippen molar-refractivity contribution in [1.29, 1.82) is 0 Å². The number of amides is 1. The lowest BCUT2D eigenvalue weighted by atomic mass is 9.69. The summed E-state index contributed by atoms with van der Waals surface area (Å²) >= 11 is 0. The quantitative estimate of drug-likeness (QED) is 0.819. The summed E-state index contributed by atoms with van der Waals surface area (Å²) < 4.78 is 5.30. The van der Waals surface area contributed by atoms with Crippen molar-refractivity contribution in [3.8, 4) is 0 Å². The summed E-state index contributed by atoms with van der Waals surface area (Å²) in [5.41, 5.74) is 0.438. The summed E-state index contributed by atoms with van der Waals surface area (Å²) in [5.74, 6) is 0.964. The maximum absolute atomic E-state index is 12.3. The average Bonchev–Trinajstić information content (AvgIpc) is 2.97. The van der Waals surface area contributed by atoms with Crippen LogP contribution in [0.3, 0.4) is 0 Å². The van der Waals surface area contributed by atoms with Gasteiger partial charge in [0, 0.05) is 19.7 Å². The Morgan fingerprint density at radius 3 is 2.48 bits per heavy atom. The van der Waals surface area contributed by atoms with Crippen molar-refractivity contribution in [3.63, 3.8) is 0 Å². The van der Waals surface area contributed by atoms with Crippen molar-refractivity contribution in [2.24, 2.45) is 11.3 Å². The average molecular weight is 296 g/mol. The Hall–Kier alpha value is -0.610. The number of nitrogens with one attached hydrogen (secondary N) is 2. The zero-order chi connectivity index (χ0) is 15.5. The summed E-state index contributed by atoms with van der Waals surface area (Å²) in [7, 11) is 1.71. The highest BCUT2D eigenvalue weighted by Crippen LogP contribution is 2.40. The molecule has 122 valence electrons. The van der Waals surface area contributed by atoms with E-state index in [1.54, 1.807) is 7.11 Å². The minimum atomic E-state index is -0.0697. The van der Waals surface area contributed by atoms with Crippen LogP contribution in [-0.2, 0) is 9.53 Å². The molecule has 1 amide bonds. The van der Waals surface area contributed by atoms with Crippen LogP contribution in [0, 0.1) is 11.3 Å². The van der Waals surface area contributed by atoms with Gasteiger partial charge in [-0.1, -0.05) is 27.2 Å². The normalized spacial score (nSPS) is 33.9. The predicted octanol–water partition coefficient (Wildman–Crippen LogP) is 2.47. The van der Waals surface area contributed by atoms with Crippen LogP contribution in [0.15, 0.2) is 0 Å². The van der Waals surface area contributed by atoms with E-state index in [9.17, 15) is 4.79 Å². The fourth-order valence-corrected chi connectivity index (χ4v) is 3.69. The second kappa shape index (κ2) is 7.10. The van der Waals surface area contributed by atoms with E-state index in [2.05, 4.69) is 31.4 Å². The van der Waals surface area contributed by atoms with Gasteiger partial charge in [-0.05, 0) is 43.4 Å². The third-order valence-electron chi connectivity index (χ3n) is 5.83. The Morgan fingerprint density at radius 2 is 1.95 bits per heavy atom. The van der Waals surface area contributed by atoms with Crippen LogP contribution in [-0.4, -0.2) is 37.7 Å². The molecule has 21 heavy (non-hydrogen) atoms. The molecule has 2 unspecified atom stereocenters. The minimum absolute atomic E-state index is 0.0697. The monoisotopic (exact) mass is 296 g/mol. The predicted molar refractivity (Wildman–Crippen MR) is 85.2 cm³/mol. The molecule has 0 bridgehead atoms. The number of ether oxygens (including phenoxy) is 1. The highest BCUT2D eigenvalue weighted by molar-refractivity contribution is 5.82. The van der Waals surface area contributed by atoms with Crippen molar-refractivity contribution < 1.29 is 9.53 Å². The molecule has 1 aliphatic heterocycles. The molecule has 0 aromatic heterocycles. The molecule has 2 rings (SSSR count). The smallest absolute Gasteiger partial charge is 0.237 e. The number of methoxy groups -OCH3 is 1. The maximum Gasteiger partial charge on any atom is 0.237 e. The standard InChI is InChI=1S/C17H32N2O2/c1-5-17(2,3)12-6-8-13(9-7-12)19-16(20)15-10-14(21-4)11-18-15/h12-15,18H,5-11H2,1-4H3,(H,19,20). The van der Waals surface area contributed by atoms with E-state index in [1.165, 1.54) is 19.3 Å². The molecule has 2 atom stereocenters. The Kier molecular flexibility index (Phi) is 5.67. The van der Waals surface area contributed by atoms with E-state index in [-0.39, 0.29) is 18.1 Å². The number of carbonyl (C=O) groups is 1. The van der Waals surface area contributed by atoms with Gasteiger partial charge in [0.1, 0.15) is 0 Å². The summed E-state index contributed by atoms with van der Waals surface area (Å²) in [4.78, 5) is 12.3. The molecule has 2 N–H and O–H groups in total. The first-order chi connectivity index (χ1) is 9.96. The van der Waals surface area contributed by atoms with E-state index >= 15 is 0 Å². The minimum Gasteiger partial charge on any atom is -0.380 e. The third-order valence-corrected chi connectivity index (χ3v) is 5.83. The molecule has 0 radical (unpaired) electrons. The molecule has 4 heteroatoms. The van der Waals surface area contributed by atoms with Gasteiger partial charge in [-0.2, -0.15) is 0 Å². The molecule has 0 aromatic rings. The topological polar surface area (TPSA) is 50.4 Å². The van der Waals surface area contributed by atoms with Gasteiger partial charge in [-0.3, -0.25) is 4.79 Å². The zero-order valence-electron chi connectivity index (χ0n) is 14.1. The first-order valence-electron chi connectivity index (χ1n) is 8.52. The van der Waals surface area contributed by atoms with E-state index < -0.39 is 0 Å². The molecule has 4 nitrogen and oxygen atoms in total. The van der Waals surface area contributed by atoms with Crippen molar-refractivity contribution in [3.05, 3.63) is 0 Å². The van der Waals surface area contributed by atoms with Crippen LogP contribution in [0.2, 0.25) is 0 Å². The van der Waals surface area contributed by atoms with Gasteiger partial charge in [0.25, 0.3) is 0 Å². The molecule has 1 saturated heterocycles. The van der Waals surface area contributed by atoms with Crippen molar-refractivity contribution in [2.45, 2.75) is 77.5 Å². The Labute approximate surface area is 129 Å². The fourth-order valence-electron chi connectivity index (χ4n) is 3.69. The molecule has 1 aliphatic carbocycles. The van der Waals surface area contributed by atoms with Crippen LogP contribution < -0.4 is 10.6 Å². The SMILES string of the molecule is CCC(C)(C)C1CCC(NC(=O)C2CC(OC)CN2)CC1. The number of carbonyl (C=O) groups excluding carboxylic acids is 1. The van der Waals surface area contributed by atoms with Crippen LogP contribution in [0.1, 0.15) is 59.3 Å². The van der Waals surface area contributed by atoms with Gasteiger partial charge in [-0.25, -0.2) is 0 Å². The van der Waals surface area contributed by atoms with E-state index in [0.717, 1.165) is 31.7 Å². The van der Waals surface area contributed by atoms with Crippen LogP contribution in [0.25, 0.3) is 0 Å². The highest BCUT2D eigenvalue weighted by atomic mass is 16.5. The Morgan fingerprint density at radius 1 is 1.29 bits per heavy atom. The second-order valence-electron chi connectivity index (χ2n) is 7.45. The van der Waals surface area contributed by atoms with Crippen LogP contribution >= 0.6 is 0 Å². The molecule has 1 heterocycles. The maximum atomic E-state index is 12.3. The highest BCUT2D eigenvalue weighted by Gasteiger charge is 2.34. The summed E-state index contributed by atoms with van der Waals surface area (Å²) in [6.07, 6.45) is 6.94. The molecule has 2 aliphatic rings. The number of hydrogen-bond donors (Lipinski definition) is 2. The van der Waals surface area contributed by atoms with Gasteiger partial charge in [-0.15, -0.1) is 0 Å². The van der Waals surface area contributed by atoms with Gasteiger partial charge < -0.3 is 15.4 Å². The van der Waals surface area contributed by atoms with Gasteiger partial charge in [0.2, 0.25) is 5.91 Å².